The molecule has 2 aromatic carbocycles. The second-order valence-electron chi connectivity index (χ2n) is 9.28. The molecule has 196 valence electrons. The van der Waals surface area contributed by atoms with Gasteiger partial charge in [-0.2, -0.15) is 0 Å². The Labute approximate surface area is 216 Å². The van der Waals surface area contributed by atoms with Crippen molar-refractivity contribution in [3.8, 4) is 28.6 Å². The largest absolute Gasteiger partial charge is 0.497 e. The van der Waals surface area contributed by atoms with Gasteiger partial charge < -0.3 is 19.3 Å². The summed E-state index contributed by atoms with van der Waals surface area (Å²) in [7, 11) is 1.52. The lowest BCUT2D eigenvalue weighted by Crippen LogP contribution is -2.14. The van der Waals surface area contributed by atoms with Crippen LogP contribution < -0.4 is 14.2 Å². The van der Waals surface area contributed by atoms with Gasteiger partial charge in [0.1, 0.15) is 41.4 Å². The van der Waals surface area contributed by atoms with Crippen LogP contribution in [0.4, 0.5) is 4.39 Å². The highest BCUT2D eigenvalue weighted by Crippen LogP contribution is 2.34. The van der Waals surface area contributed by atoms with Crippen molar-refractivity contribution in [1.82, 2.24) is 9.97 Å². The summed E-state index contributed by atoms with van der Waals surface area (Å²) in [6.45, 7) is 0.136. The third-order valence-corrected chi connectivity index (χ3v) is 6.07. The molecule has 0 saturated heterocycles. The third kappa shape index (κ3) is 8.17. The van der Waals surface area contributed by atoms with Gasteiger partial charge in [-0.3, -0.25) is 4.79 Å². The van der Waals surface area contributed by atoms with Gasteiger partial charge in [0, 0.05) is 12.0 Å². The minimum atomic E-state index is -0.844. The van der Waals surface area contributed by atoms with Gasteiger partial charge in [0.15, 0.2) is 0 Å². The van der Waals surface area contributed by atoms with Gasteiger partial charge in [-0.25, -0.2) is 14.4 Å². The van der Waals surface area contributed by atoms with Crippen LogP contribution in [-0.4, -0.2) is 34.3 Å². The number of halogens is 1. The van der Waals surface area contributed by atoms with Gasteiger partial charge in [-0.1, -0.05) is 31.4 Å². The Balaban J connectivity index is 0.000000994. The lowest BCUT2D eigenvalue weighted by atomic mass is 10.1. The zero-order chi connectivity index (χ0) is 26.0. The van der Waals surface area contributed by atoms with Crippen molar-refractivity contribution >= 4 is 5.97 Å². The first-order valence-corrected chi connectivity index (χ1v) is 12.8. The molecule has 1 N–H and O–H groups in total. The van der Waals surface area contributed by atoms with E-state index in [4.69, 9.17) is 19.3 Å². The molecule has 5 rings (SSSR count). The van der Waals surface area contributed by atoms with Crippen molar-refractivity contribution in [1.29, 1.82) is 0 Å². The van der Waals surface area contributed by atoms with E-state index in [2.05, 4.69) is 9.97 Å². The molecular formula is C29H33FN2O5. The Hall–Kier alpha value is -3.68. The molecule has 0 spiro atoms. The molecule has 3 aromatic rings. The molecule has 0 radical (unpaired) electrons. The minimum absolute atomic E-state index is 0.0174. The molecule has 37 heavy (non-hydrogen) atoms. The average molecular weight is 509 g/mol. The molecule has 2 fully saturated rings. The number of carboxylic acid groups (broad SMARTS) is 1. The summed E-state index contributed by atoms with van der Waals surface area (Å²) in [6, 6.07) is 11.8. The molecule has 7 nitrogen and oxygen atoms in total. The average Bonchev–Trinajstić information content (AvgIpc) is 3.71. The van der Waals surface area contributed by atoms with E-state index in [0.29, 0.717) is 29.3 Å². The summed E-state index contributed by atoms with van der Waals surface area (Å²) >= 11 is 0. The zero-order valence-corrected chi connectivity index (χ0v) is 21.1. The Kier molecular flexibility index (Phi) is 9.29. The SMILES string of the molecule is C1CC1.COc1ccc(F)c(-c2ncc(COc3cccc(CCC(=O)O)c3)nc2OC2CCCC2)c1. The van der Waals surface area contributed by atoms with E-state index in [0.717, 1.165) is 31.2 Å². The van der Waals surface area contributed by atoms with Crippen LogP contribution in [0.15, 0.2) is 48.7 Å². The Morgan fingerprint density at radius 3 is 2.54 bits per heavy atom. The van der Waals surface area contributed by atoms with Crippen LogP contribution in [0.1, 0.15) is 62.6 Å². The maximum atomic E-state index is 14.7. The fourth-order valence-electron chi connectivity index (χ4n) is 3.92. The number of carbonyl (C=O) groups is 1. The Morgan fingerprint density at radius 1 is 1.05 bits per heavy atom. The minimum Gasteiger partial charge on any atom is -0.497 e. The van der Waals surface area contributed by atoms with Gasteiger partial charge in [0.05, 0.1) is 13.3 Å². The van der Waals surface area contributed by atoms with Crippen LogP contribution in [0.25, 0.3) is 11.3 Å². The number of aromatic nitrogens is 2. The van der Waals surface area contributed by atoms with Gasteiger partial charge in [0.2, 0.25) is 5.88 Å². The quantitative estimate of drug-likeness (QED) is 0.340. The molecule has 0 atom stereocenters. The summed E-state index contributed by atoms with van der Waals surface area (Å²) in [5.41, 5.74) is 2.00. The number of hydrogen-bond donors (Lipinski definition) is 1. The normalized spacial score (nSPS) is 14.4. The molecule has 0 aliphatic heterocycles. The zero-order valence-electron chi connectivity index (χ0n) is 21.1. The summed E-state index contributed by atoms with van der Waals surface area (Å²) in [6.07, 6.45) is 10.6. The first kappa shape index (κ1) is 26.4. The number of methoxy groups -OCH3 is 1. The van der Waals surface area contributed by atoms with E-state index in [-0.39, 0.29) is 30.6 Å². The Morgan fingerprint density at radius 2 is 1.84 bits per heavy atom. The third-order valence-electron chi connectivity index (χ3n) is 6.07. The van der Waals surface area contributed by atoms with E-state index in [1.54, 1.807) is 24.4 Å². The van der Waals surface area contributed by atoms with E-state index in [1.807, 2.05) is 18.2 Å². The predicted molar refractivity (Wildman–Crippen MR) is 137 cm³/mol. The topological polar surface area (TPSA) is 90.8 Å². The summed E-state index contributed by atoms with van der Waals surface area (Å²) in [5.74, 6) is 0.110. The Bertz CT molecular complexity index is 1190. The van der Waals surface area contributed by atoms with Gasteiger partial charge in [-0.15, -0.1) is 0 Å². The van der Waals surface area contributed by atoms with Crippen LogP contribution in [0.2, 0.25) is 0 Å². The van der Waals surface area contributed by atoms with Crippen molar-refractivity contribution in [2.75, 3.05) is 7.11 Å². The molecular weight excluding hydrogens is 475 g/mol. The van der Waals surface area contributed by atoms with E-state index in [9.17, 15) is 9.18 Å². The summed E-state index contributed by atoms with van der Waals surface area (Å²) in [5, 5.41) is 8.89. The van der Waals surface area contributed by atoms with E-state index >= 15 is 0 Å². The van der Waals surface area contributed by atoms with Crippen LogP contribution in [0.3, 0.4) is 0 Å². The number of rotatable bonds is 10. The molecule has 0 amide bonds. The highest BCUT2D eigenvalue weighted by atomic mass is 19.1. The van der Waals surface area contributed by atoms with Crippen LogP contribution in [0.5, 0.6) is 17.4 Å². The maximum Gasteiger partial charge on any atom is 0.303 e. The molecule has 2 saturated carbocycles. The molecule has 1 heterocycles. The molecule has 8 heteroatoms. The predicted octanol–water partition coefficient (Wildman–Crippen LogP) is 6.38. The van der Waals surface area contributed by atoms with Crippen molar-refractivity contribution in [2.24, 2.45) is 0 Å². The fourth-order valence-corrected chi connectivity index (χ4v) is 3.92. The standard InChI is InChI=1S/C26H27FN2O5.C3H6/c1-32-20-10-11-23(27)22(14-20)25-26(34-19-6-2-3-7-19)29-18(15-28-25)16-33-21-8-4-5-17(13-21)9-12-24(30)31;1-2-3-1/h4-5,8,10-11,13-15,19H,2-3,6-7,9,12,16H2,1H3,(H,30,31);1-3H2. The second-order valence-corrected chi connectivity index (χ2v) is 9.28. The van der Waals surface area contributed by atoms with Crippen molar-refractivity contribution in [2.45, 2.75) is 70.5 Å². The van der Waals surface area contributed by atoms with Crippen LogP contribution in [0, 0.1) is 5.82 Å². The van der Waals surface area contributed by atoms with Crippen molar-refractivity contribution in [3.63, 3.8) is 0 Å². The lowest BCUT2D eigenvalue weighted by Gasteiger charge is -2.17. The second kappa shape index (κ2) is 13.0. The lowest BCUT2D eigenvalue weighted by molar-refractivity contribution is -0.136. The number of benzene rings is 2. The number of carboxylic acids is 1. The van der Waals surface area contributed by atoms with E-state index in [1.165, 1.54) is 32.4 Å². The molecule has 2 aliphatic rings. The van der Waals surface area contributed by atoms with Crippen molar-refractivity contribution < 1.29 is 28.5 Å². The van der Waals surface area contributed by atoms with Crippen LogP contribution in [-0.2, 0) is 17.8 Å². The number of ether oxygens (including phenoxy) is 3. The smallest absolute Gasteiger partial charge is 0.303 e. The van der Waals surface area contributed by atoms with Gasteiger partial charge in [0.25, 0.3) is 0 Å². The van der Waals surface area contributed by atoms with Gasteiger partial charge in [-0.05, 0) is 68.0 Å². The fraction of sp³-hybridized carbons (Fsp3) is 0.414. The first-order valence-electron chi connectivity index (χ1n) is 12.8. The number of nitrogens with zero attached hydrogens (tertiary/aromatic N) is 2. The van der Waals surface area contributed by atoms with Gasteiger partial charge >= 0.3 is 5.97 Å². The molecule has 0 bridgehead atoms. The molecule has 1 aromatic heterocycles. The van der Waals surface area contributed by atoms with E-state index < -0.39 is 11.8 Å². The monoisotopic (exact) mass is 508 g/mol. The number of hydrogen-bond acceptors (Lipinski definition) is 6. The first-order chi connectivity index (χ1) is 18.0. The van der Waals surface area contributed by atoms with Crippen molar-refractivity contribution in [3.05, 3.63) is 65.7 Å². The van der Waals surface area contributed by atoms with Crippen LogP contribution >= 0.6 is 0 Å². The summed E-state index contributed by atoms with van der Waals surface area (Å²) < 4.78 is 31.9. The highest BCUT2D eigenvalue weighted by Gasteiger charge is 2.22. The number of aryl methyl sites for hydroxylation is 1. The molecule has 2 aliphatic carbocycles. The summed E-state index contributed by atoms with van der Waals surface area (Å²) in [4.78, 5) is 19.9. The molecule has 0 unspecified atom stereocenters. The highest BCUT2D eigenvalue weighted by molar-refractivity contribution is 5.67. The number of aliphatic carboxylic acids is 1. The maximum absolute atomic E-state index is 14.7.